The van der Waals surface area contributed by atoms with Crippen molar-refractivity contribution >= 4 is 24.4 Å². The Morgan fingerprint density at radius 3 is 1.76 bits per heavy atom. The van der Waals surface area contributed by atoms with Crippen LogP contribution in [0, 0.1) is 11.8 Å². The van der Waals surface area contributed by atoms with Gasteiger partial charge in [-0.15, -0.1) is 0 Å². The Morgan fingerprint density at radius 2 is 1.22 bits per heavy atom. The minimum atomic E-state index is -1.09. The Kier molecular flexibility index (Phi) is 16.2. The van der Waals surface area contributed by atoms with E-state index in [9.17, 15) is 19.2 Å². The Bertz CT molecular complexity index is 984. The highest BCUT2D eigenvalue weighted by atomic mass is 16.8. The molecule has 0 fully saturated rings. The summed E-state index contributed by atoms with van der Waals surface area (Å²) in [5, 5.41) is 0. The number of rotatable bonds is 16. The van der Waals surface area contributed by atoms with Crippen molar-refractivity contribution in [2.45, 2.75) is 92.4 Å². The van der Waals surface area contributed by atoms with E-state index >= 15 is 0 Å². The van der Waals surface area contributed by atoms with E-state index in [-0.39, 0.29) is 55.7 Å². The number of carbonyl (C=O) groups is 4. The molecule has 0 spiro atoms. The van der Waals surface area contributed by atoms with Gasteiger partial charge < -0.3 is 38.9 Å². The lowest BCUT2D eigenvalue weighted by Gasteiger charge is -2.17. The second-order valence-electron chi connectivity index (χ2n) is 10.1. The van der Waals surface area contributed by atoms with Gasteiger partial charge >= 0.3 is 24.4 Å². The van der Waals surface area contributed by atoms with Gasteiger partial charge in [0, 0.05) is 0 Å². The molecule has 232 valence electrons. The molecule has 0 saturated carbocycles. The SMILES string of the molecule is CCC(C)COC(=O)Oc1ccc(C[C@H](N)C(=O)OC[C@H](C)OC(=O)OC(C)CC)cc1OC(=O)OCC(C)CC. The number of hydrogen-bond acceptors (Lipinski definition) is 12. The monoisotopic (exact) mass is 583 g/mol. The predicted molar refractivity (Wildman–Crippen MR) is 149 cm³/mol. The van der Waals surface area contributed by atoms with Crippen molar-refractivity contribution in [2.24, 2.45) is 17.6 Å². The molecule has 0 aliphatic heterocycles. The predicted octanol–water partition coefficient (Wildman–Crippen LogP) is 5.56. The summed E-state index contributed by atoms with van der Waals surface area (Å²) < 4.78 is 36.1. The van der Waals surface area contributed by atoms with Gasteiger partial charge in [-0.2, -0.15) is 0 Å². The number of hydrogen-bond donors (Lipinski definition) is 1. The topological polar surface area (TPSA) is 159 Å². The van der Waals surface area contributed by atoms with Gasteiger partial charge in [0.15, 0.2) is 11.5 Å². The van der Waals surface area contributed by atoms with E-state index in [2.05, 4.69) is 0 Å². The molecular weight excluding hydrogens is 538 g/mol. The molecule has 0 heterocycles. The molecule has 3 unspecified atom stereocenters. The van der Waals surface area contributed by atoms with Crippen LogP contribution in [0.15, 0.2) is 18.2 Å². The second-order valence-corrected chi connectivity index (χ2v) is 10.1. The van der Waals surface area contributed by atoms with Crippen LogP contribution in [0.4, 0.5) is 14.4 Å². The molecule has 12 nitrogen and oxygen atoms in total. The number of carbonyl (C=O) groups excluding carboxylic acids is 4. The minimum absolute atomic E-state index is 0.00114. The molecule has 0 saturated heterocycles. The van der Waals surface area contributed by atoms with Crippen LogP contribution >= 0.6 is 0 Å². The summed E-state index contributed by atoms with van der Waals surface area (Å²) in [7, 11) is 0. The molecule has 0 aliphatic carbocycles. The van der Waals surface area contributed by atoms with Crippen molar-refractivity contribution < 1.29 is 52.3 Å². The maximum atomic E-state index is 12.5. The first kappa shape index (κ1) is 35.5. The van der Waals surface area contributed by atoms with Crippen LogP contribution < -0.4 is 15.2 Å². The lowest BCUT2D eigenvalue weighted by atomic mass is 10.1. The van der Waals surface area contributed by atoms with Crippen molar-refractivity contribution in [2.75, 3.05) is 19.8 Å². The molecule has 1 aromatic carbocycles. The fraction of sp³-hybridized carbons (Fsp3) is 0.655. The Morgan fingerprint density at radius 1 is 0.683 bits per heavy atom. The average Bonchev–Trinajstić information content (AvgIpc) is 2.94. The van der Waals surface area contributed by atoms with Crippen LogP contribution in [0.2, 0.25) is 0 Å². The largest absolute Gasteiger partial charge is 0.513 e. The van der Waals surface area contributed by atoms with Gasteiger partial charge in [0.05, 0.1) is 13.2 Å². The second kappa shape index (κ2) is 18.7. The molecule has 1 rings (SSSR count). The normalized spacial score (nSPS) is 14.4. The maximum absolute atomic E-state index is 12.5. The number of benzene rings is 1. The molecule has 0 bridgehead atoms. The van der Waals surface area contributed by atoms with Crippen molar-refractivity contribution in [3.8, 4) is 11.5 Å². The molecule has 5 atom stereocenters. The summed E-state index contributed by atoms with van der Waals surface area (Å²) in [5.41, 5.74) is 6.51. The molecule has 0 amide bonds. The smallest absolute Gasteiger partial charge is 0.461 e. The zero-order valence-electron chi connectivity index (χ0n) is 25.1. The van der Waals surface area contributed by atoms with Gasteiger partial charge in [0.2, 0.25) is 0 Å². The molecule has 1 aromatic rings. The van der Waals surface area contributed by atoms with Gasteiger partial charge in [-0.05, 0) is 56.2 Å². The van der Waals surface area contributed by atoms with E-state index in [4.69, 9.17) is 38.9 Å². The van der Waals surface area contributed by atoms with Crippen LogP contribution in [-0.4, -0.2) is 62.5 Å². The zero-order valence-corrected chi connectivity index (χ0v) is 25.1. The summed E-state index contributed by atoms with van der Waals surface area (Å²) in [5.74, 6) is -0.650. The molecule has 0 aliphatic rings. The molecule has 41 heavy (non-hydrogen) atoms. The maximum Gasteiger partial charge on any atom is 0.513 e. The van der Waals surface area contributed by atoms with Crippen LogP contribution in [0.3, 0.4) is 0 Å². The van der Waals surface area contributed by atoms with E-state index in [0.717, 1.165) is 12.8 Å². The number of esters is 1. The lowest BCUT2D eigenvalue weighted by molar-refractivity contribution is -0.148. The van der Waals surface area contributed by atoms with Crippen molar-refractivity contribution in [1.29, 1.82) is 0 Å². The van der Waals surface area contributed by atoms with Gasteiger partial charge in [0.1, 0.15) is 24.9 Å². The number of ether oxygens (including phenoxy) is 7. The zero-order chi connectivity index (χ0) is 30.9. The molecule has 0 radical (unpaired) electrons. The summed E-state index contributed by atoms with van der Waals surface area (Å²) in [6.45, 7) is 13.0. The summed E-state index contributed by atoms with van der Waals surface area (Å²) in [4.78, 5) is 48.7. The third-order valence-electron chi connectivity index (χ3n) is 6.15. The summed E-state index contributed by atoms with van der Waals surface area (Å²) in [6, 6.07) is 3.27. The van der Waals surface area contributed by atoms with E-state index in [1.807, 2.05) is 34.6 Å². The minimum Gasteiger partial charge on any atom is -0.461 e. The first-order valence-corrected chi connectivity index (χ1v) is 14.0. The highest BCUT2D eigenvalue weighted by Crippen LogP contribution is 2.30. The summed E-state index contributed by atoms with van der Waals surface area (Å²) in [6.07, 6.45) is -1.58. The summed E-state index contributed by atoms with van der Waals surface area (Å²) >= 11 is 0. The Balaban J connectivity index is 2.86. The van der Waals surface area contributed by atoms with Crippen molar-refractivity contribution in [1.82, 2.24) is 0 Å². The Labute approximate surface area is 242 Å². The van der Waals surface area contributed by atoms with E-state index < -0.39 is 36.6 Å². The van der Waals surface area contributed by atoms with Crippen LogP contribution in [0.25, 0.3) is 0 Å². The third-order valence-corrected chi connectivity index (χ3v) is 6.15. The van der Waals surface area contributed by atoms with E-state index in [1.165, 1.54) is 12.1 Å². The van der Waals surface area contributed by atoms with E-state index in [0.29, 0.717) is 12.0 Å². The highest BCUT2D eigenvalue weighted by Gasteiger charge is 2.22. The standard InChI is InChI=1S/C29H45NO11/c1-8-18(4)15-36-27(32)40-24-12-11-22(14-25(24)41-28(33)37-16-19(5)9-2)13-23(30)26(31)35-17-21(7)39-29(34)38-20(6)10-3/h11-12,14,18-21,23H,8-10,13,15-17,30H2,1-7H3/t18?,19?,20?,21-,23-/m0/s1. The number of nitrogens with two attached hydrogens (primary N) is 1. The molecule has 2 N–H and O–H groups in total. The van der Waals surface area contributed by atoms with Crippen LogP contribution in [0.1, 0.15) is 73.3 Å². The van der Waals surface area contributed by atoms with Crippen molar-refractivity contribution in [3.63, 3.8) is 0 Å². The molecule has 0 aromatic heterocycles. The van der Waals surface area contributed by atoms with Crippen LogP contribution in [0.5, 0.6) is 11.5 Å². The Hall–Kier alpha value is -3.54. The fourth-order valence-electron chi connectivity index (χ4n) is 2.86. The van der Waals surface area contributed by atoms with Gasteiger partial charge in [-0.1, -0.05) is 53.5 Å². The van der Waals surface area contributed by atoms with Crippen molar-refractivity contribution in [3.05, 3.63) is 23.8 Å². The highest BCUT2D eigenvalue weighted by molar-refractivity contribution is 5.76. The molecular formula is C29H45NO11. The molecule has 12 heteroatoms. The van der Waals surface area contributed by atoms with E-state index in [1.54, 1.807) is 19.9 Å². The van der Waals surface area contributed by atoms with Crippen LogP contribution in [-0.2, 0) is 34.9 Å². The lowest BCUT2D eigenvalue weighted by Crippen LogP contribution is -2.36. The first-order chi connectivity index (χ1) is 19.4. The fourth-order valence-corrected chi connectivity index (χ4v) is 2.86. The van der Waals surface area contributed by atoms with Gasteiger partial charge in [0.25, 0.3) is 0 Å². The van der Waals surface area contributed by atoms with Gasteiger partial charge in [-0.25, -0.2) is 14.4 Å². The first-order valence-electron chi connectivity index (χ1n) is 14.0. The average molecular weight is 584 g/mol. The third kappa shape index (κ3) is 14.6. The quantitative estimate of drug-likeness (QED) is 0.147. The van der Waals surface area contributed by atoms with Gasteiger partial charge in [-0.3, -0.25) is 4.79 Å².